The molecule has 5 nitrogen and oxygen atoms in total. The second-order valence-electron chi connectivity index (χ2n) is 4.46. The van der Waals surface area contributed by atoms with Crippen molar-refractivity contribution in [2.45, 2.75) is 13.3 Å². The predicted molar refractivity (Wildman–Crippen MR) is 73.9 cm³/mol. The highest BCUT2D eigenvalue weighted by Gasteiger charge is 2.31. The summed E-state index contributed by atoms with van der Waals surface area (Å²) >= 11 is 0. The summed E-state index contributed by atoms with van der Waals surface area (Å²) in [7, 11) is 1.50. The molecule has 0 fully saturated rings. The van der Waals surface area contributed by atoms with E-state index in [1.807, 2.05) is 6.07 Å². The van der Waals surface area contributed by atoms with Crippen molar-refractivity contribution in [2.75, 3.05) is 13.7 Å². The topological polar surface area (TPSA) is 85.3 Å². The number of hydrogen-bond donors (Lipinski definition) is 1. The van der Waals surface area contributed by atoms with Crippen LogP contribution in [0.25, 0.3) is 0 Å². The minimum Gasteiger partial charge on any atom is -0.493 e. The third-order valence-electron chi connectivity index (χ3n) is 2.89. The van der Waals surface area contributed by atoms with Crippen molar-refractivity contribution in [3.05, 3.63) is 23.8 Å². The molecule has 2 N–H and O–H groups in total. The summed E-state index contributed by atoms with van der Waals surface area (Å²) in [6.07, 6.45) is 5.33. The van der Waals surface area contributed by atoms with Gasteiger partial charge in [0.25, 0.3) is 0 Å². The maximum absolute atomic E-state index is 11.3. The lowest BCUT2D eigenvalue weighted by atomic mass is 9.84. The number of methoxy groups -OCH3 is 1. The number of nitrogens with two attached hydrogens (primary N) is 1. The summed E-state index contributed by atoms with van der Waals surface area (Å²) in [4.78, 5) is 11.3. The molecule has 0 radical (unpaired) electrons. The molecule has 1 amide bonds. The molecule has 1 unspecified atom stereocenters. The highest BCUT2D eigenvalue weighted by molar-refractivity contribution is 5.83. The van der Waals surface area contributed by atoms with E-state index in [4.69, 9.17) is 26.9 Å². The SMILES string of the molecule is C#CCOc1ccc(CC(C)(C#N)C(N)=O)cc1OC. The summed E-state index contributed by atoms with van der Waals surface area (Å²) in [5, 5.41) is 9.09. The number of carbonyl (C=O) groups excluding carboxylic acids is 1. The molecule has 0 spiro atoms. The van der Waals surface area contributed by atoms with Crippen LogP contribution in [-0.4, -0.2) is 19.6 Å². The molecule has 0 aliphatic carbocycles. The van der Waals surface area contributed by atoms with E-state index in [1.54, 1.807) is 18.2 Å². The monoisotopic (exact) mass is 272 g/mol. The molecule has 20 heavy (non-hydrogen) atoms. The number of ether oxygens (including phenoxy) is 2. The number of benzene rings is 1. The maximum Gasteiger partial charge on any atom is 0.237 e. The van der Waals surface area contributed by atoms with Crippen molar-refractivity contribution in [3.8, 4) is 29.9 Å². The van der Waals surface area contributed by atoms with Crippen LogP contribution in [0.4, 0.5) is 0 Å². The van der Waals surface area contributed by atoms with Crippen molar-refractivity contribution in [3.63, 3.8) is 0 Å². The van der Waals surface area contributed by atoms with Crippen molar-refractivity contribution in [1.82, 2.24) is 0 Å². The van der Waals surface area contributed by atoms with E-state index in [-0.39, 0.29) is 13.0 Å². The van der Waals surface area contributed by atoms with Gasteiger partial charge in [-0.25, -0.2) is 0 Å². The highest BCUT2D eigenvalue weighted by Crippen LogP contribution is 2.31. The molecule has 5 heteroatoms. The highest BCUT2D eigenvalue weighted by atomic mass is 16.5. The zero-order valence-electron chi connectivity index (χ0n) is 11.5. The fourth-order valence-corrected chi connectivity index (χ4v) is 1.65. The van der Waals surface area contributed by atoms with Crippen LogP contribution in [0, 0.1) is 29.1 Å². The van der Waals surface area contributed by atoms with Crippen LogP contribution < -0.4 is 15.2 Å². The van der Waals surface area contributed by atoms with Gasteiger partial charge in [0, 0.05) is 0 Å². The van der Waals surface area contributed by atoms with Gasteiger partial charge in [-0.1, -0.05) is 12.0 Å². The number of nitrogens with zero attached hydrogens (tertiary/aromatic N) is 1. The van der Waals surface area contributed by atoms with Crippen LogP contribution in [-0.2, 0) is 11.2 Å². The first kappa shape index (κ1) is 15.4. The number of carbonyl (C=O) groups is 1. The van der Waals surface area contributed by atoms with Crippen LogP contribution >= 0.6 is 0 Å². The maximum atomic E-state index is 11.3. The van der Waals surface area contributed by atoms with Gasteiger partial charge in [0.2, 0.25) is 5.91 Å². The first-order chi connectivity index (χ1) is 9.46. The second kappa shape index (κ2) is 6.49. The Labute approximate surface area is 118 Å². The molecule has 104 valence electrons. The Morgan fingerprint density at radius 3 is 2.70 bits per heavy atom. The van der Waals surface area contributed by atoms with Crippen LogP contribution in [0.15, 0.2) is 18.2 Å². The Balaban J connectivity index is 3.02. The van der Waals surface area contributed by atoms with E-state index in [1.165, 1.54) is 14.0 Å². The van der Waals surface area contributed by atoms with Gasteiger partial charge in [-0.05, 0) is 31.0 Å². The predicted octanol–water partition coefficient (Wildman–Crippen LogP) is 1.26. The molecule has 0 saturated carbocycles. The van der Waals surface area contributed by atoms with Crippen molar-refractivity contribution < 1.29 is 14.3 Å². The van der Waals surface area contributed by atoms with Crippen LogP contribution in [0.1, 0.15) is 12.5 Å². The van der Waals surface area contributed by atoms with Crippen LogP contribution in [0.5, 0.6) is 11.5 Å². The molecule has 1 atom stereocenters. The molecule has 0 heterocycles. The van der Waals surface area contributed by atoms with E-state index in [0.717, 1.165) is 5.56 Å². The van der Waals surface area contributed by atoms with Gasteiger partial charge in [-0.2, -0.15) is 5.26 Å². The van der Waals surface area contributed by atoms with E-state index >= 15 is 0 Å². The first-order valence-corrected chi connectivity index (χ1v) is 5.91. The molecular formula is C15H16N2O3. The Kier molecular flexibility index (Phi) is 5.00. The molecule has 1 aromatic carbocycles. The number of rotatable bonds is 6. The Hall–Kier alpha value is -2.66. The quantitative estimate of drug-likeness (QED) is 0.790. The second-order valence-corrected chi connectivity index (χ2v) is 4.46. The Morgan fingerprint density at radius 1 is 1.50 bits per heavy atom. The fraction of sp³-hybridized carbons (Fsp3) is 0.333. The van der Waals surface area contributed by atoms with Gasteiger partial charge >= 0.3 is 0 Å². The van der Waals surface area contributed by atoms with E-state index in [2.05, 4.69) is 5.92 Å². The fourth-order valence-electron chi connectivity index (χ4n) is 1.65. The minimum atomic E-state index is -1.26. The van der Waals surface area contributed by atoms with Gasteiger partial charge in [-0.3, -0.25) is 4.79 Å². The number of nitriles is 1. The molecule has 0 aromatic heterocycles. The number of amides is 1. The smallest absolute Gasteiger partial charge is 0.237 e. The summed E-state index contributed by atoms with van der Waals surface area (Å²) < 4.78 is 10.5. The van der Waals surface area contributed by atoms with Crippen molar-refractivity contribution in [1.29, 1.82) is 5.26 Å². The molecule has 1 aromatic rings. The van der Waals surface area contributed by atoms with Gasteiger partial charge in [0.15, 0.2) is 11.5 Å². The van der Waals surface area contributed by atoms with Gasteiger partial charge in [-0.15, -0.1) is 6.42 Å². The summed E-state index contributed by atoms with van der Waals surface area (Å²) in [6, 6.07) is 7.07. The molecule has 0 aliphatic heterocycles. The summed E-state index contributed by atoms with van der Waals surface area (Å²) in [5.41, 5.74) is 4.75. The van der Waals surface area contributed by atoms with Gasteiger partial charge in [0.05, 0.1) is 13.2 Å². The lowest BCUT2D eigenvalue weighted by Crippen LogP contribution is -2.34. The van der Waals surface area contributed by atoms with Crippen LogP contribution in [0.2, 0.25) is 0 Å². The van der Waals surface area contributed by atoms with Crippen LogP contribution in [0.3, 0.4) is 0 Å². The largest absolute Gasteiger partial charge is 0.493 e. The van der Waals surface area contributed by atoms with E-state index in [0.29, 0.717) is 11.5 Å². The molecule has 1 rings (SSSR count). The Morgan fingerprint density at radius 2 is 2.20 bits per heavy atom. The minimum absolute atomic E-state index is 0.132. The molecule has 0 saturated heterocycles. The molecular weight excluding hydrogens is 256 g/mol. The molecule has 0 bridgehead atoms. The van der Waals surface area contributed by atoms with E-state index < -0.39 is 11.3 Å². The van der Waals surface area contributed by atoms with E-state index in [9.17, 15) is 4.79 Å². The average molecular weight is 272 g/mol. The normalized spacial score (nSPS) is 12.6. The number of hydrogen-bond acceptors (Lipinski definition) is 4. The Bertz CT molecular complexity index is 584. The van der Waals surface area contributed by atoms with Crippen molar-refractivity contribution >= 4 is 5.91 Å². The lowest BCUT2D eigenvalue weighted by Gasteiger charge is -2.18. The lowest BCUT2D eigenvalue weighted by molar-refractivity contribution is -0.124. The number of primary amides is 1. The van der Waals surface area contributed by atoms with Gasteiger partial charge in [0.1, 0.15) is 12.0 Å². The number of terminal acetylenes is 1. The van der Waals surface area contributed by atoms with Crippen molar-refractivity contribution in [2.24, 2.45) is 11.1 Å². The summed E-state index contributed by atoms with van der Waals surface area (Å²) in [6.45, 7) is 1.64. The van der Waals surface area contributed by atoms with Gasteiger partial charge < -0.3 is 15.2 Å². The first-order valence-electron chi connectivity index (χ1n) is 5.91. The zero-order chi connectivity index (χ0) is 15.2. The average Bonchev–Trinajstić information content (AvgIpc) is 2.45. The third-order valence-corrected chi connectivity index (χ3v) is 2.89. The molecule has 0 aliphatic rings. The standard InChI is InChI=1S/C15H16N2O3/c1-4-7-20-12-6-5-11(8-13(12)19-3)9-15(2,10-16)14(17)18/h1,5-6,8H,7,9H2,2-3H3,(H2,17,18). The third kappa shape index (κ3) is 3.43. The summed E-state index contributed by atoms with van der Waals surface area (Å²) in [5.74, 6) is 2.70. The zero-order valence-corrected chi connectivity index (χ0v) is 11.5.